The van der Waals surface area contributed by atoms with Crippen molar-refractivity contribution in [2.75, 3.05) is 0 Å². The Labute approximate surface area is 99.3 Å². The lowest BCUT2D eigenvalue weighted by Crippen LogP contribution is -2.13. The zero-order valence-electron chi connectivity index (χ0n) is 8.98. The molecule has 0 saturated heterocycles. The second-order valence-corrected chi connectivity index (χ2v) is 3.63. The van der Waals surface area contributed by atoms with Crippen LogP contribution in [0.4, 0.5) is 8.78 Å². The smallest absolute Gasteiger partial charge is 0.173 e. The van der Waals surface area contributed by atoms with Gasteiger partial charge in [0.15, 0.2) is 11.1 Å². The molecule has 2 aromatic heterocycles. The zero-order valence-corrected chi connectivity index (χ0v) is 8.98. The summed E-state index contributed by atoms with van der Waals surface area (Å²) in [4.78, 5) is 10.4. The van der Waals surface area contributed by atoms with Gasteiger partial charge in [0.05, 0.1) is 6.33 Å². The van der Waals surface area contributed by atoms with Gasteiger partial charge in [0.2, 0.25) is 0 Å². The number of nitrogens with zero attached hydrogens (tertiary/aromatic N) is 3. The largest absolute Gasteiger partial charge is 0.340 e. The Kier molecular flexibility index (Phi) is 2.19. The number of aromatic amines is 1. The SMILES string of the molecule is N=c1ncn(-c2c(F)cccc2F)c2nc[nH]c12. The second-order valence-electron chi connectivity index (χ2n) is 3.63. The summed E-state index contributed by atoms with van der Waals surface area (Å²) >= 11 is 0. The fourth-order valence-electron chi connectivity index (χ4n) is 1.76. The van der Waals surface area contributed by atoms with E-state index in [0.717, 1.165) is 12.1 Å². The monoisotopic (exact) mass is 247 g/mol. The van der Waals surface area contributed by atoms with E-state index in [1.54, 1.807) is 0 Å². The van der Waals surface area contributed by atoms with Crippen molar-refractivity contribution in [3.05, 3.63) is 48.0 Å². The fraction of sp³-hybridized carbons (Fsp3) is 0. The van der Waals surface area contributed by atoms with Gasteiger partial charge in [-0.05, 0) is 12.1 Å². The lowest BCUT2D eigenvalue weighted by Gasteiger charge is -2.08. The van der Waals surface area contributed by atoms with Gasteiger partial charge in [-0.15, -0.1) is 0 Å². The molecular weight excluding hydrogens is 240 g/mol. The predicted molar refractivity (Wildman–Crippen MR) is 59.0 cm³/mol. The number of fused-ring (bicyclic) bond motifs is 1. The molecule has 0 saturated carbocycles. The lowest BCUT2D eigenvalue weighted by molar-refractivity contribution is 0.569. The first-order valence-electron chi connectivity index (χ1n) is 5.08. The summed E-state index contributed by atoms with van der Waals surface area (Å²) in [6, 6.07) is 3.58. The van der Waals surface area contributed by atoms with Crippen molar-refractivity contribution in [1.82, 2.24) is 19.5 Å². The Morgan fingerprint density at radius 1 is 1.17 bits per heavy atom. The molecule has 2 N–H and O–H groups in total. The molecule has 2 heterocycles. The van der Waals surface area contributed by atoms with Crippen molar-refractivity contribution in [2.24, 2.45) is 0 Å². The normalized spacial score (nSPS) is 11.0. The van der Waals surface area contributed by atoms with Crippen LogP contribution in [0, 0.1) is 17.0 Å². The molecule has 0 bridgehead atoms. The summed E-state index contributed by atoms with van der Waals surface area (Å²) < 4.78 is 28.6. The van der Waals surface area contributed by atoms with Gasteiger partial charge in [0.1, 0.15) is 29.2 Å². The summed E-state index contributed by atoms with van der Waals surface area (Å²) in [6.07, 6.45) is 2.52. The van der Waals surface area contributed by atoms with Crippen LogP contribution in [0.1, 0.15) is 0 Å². The molecule has 90 valence electrons. The quantitative estimate of drug-likeness (QED) is 0.684. The van der Waals surface area contributed by atoms with Gasteiger partial charge in [0.25, 0.3) is 0 Å². The van der Waals surface area contributed by atoms with E-state index in [4.69, 9.17) is 5.41 Å². The predicted octanol–water partition coefficient (Wildman–Crippen LogP) is 1.51. The fourth-order valence-corrected chi connectivity index (χ4v) is 1.76. The van der Waals surface area contributed by atoms with E-state index >= 15 is 0 Å². The van der Waals surface area contributed by atoms with Crippen LogP contribution in [0.25, 0.3) is 16.9 Å². The molecule has 1 aromatic carbocycles. The van der Waals surface area contributed by atoms with Gasteiger partial charge >= 0.3 is 0 Å². The van der Waals surface area contributed by atoms with Crippen molar-refractivity contribution in [1.29, 1.82) is 5.41 Å². The Morgan fingerprint density at radius 2 is 1.89 bits per heavy atom. The van der Waals surface area contributed by atoms with Crippen LogP contribution in [0.2, 0.25) is 0 Å². The minimum absolute atomic E-state index is 0.0319. The molecule has 0 aliphatic rings. The summed E-state index contributed by atoms with van der Waals surface area (Å²) in [5.41, 5.74) is 0.275. The second kappa shape index (κ2) is 3.73. The first-order chi connectivity index (χ1) is 8.68. The van der Waals surface area contributed by atoms with Gasteiger partial charge in [-0.1, -0.05) is 6.07 Å². The molecule has 0 fully saturated rings. The minimum atomic E-state index is -0.719. The first-order valence-corrected chi connectivity index (χ1v) is 5.08. The van der Waals surface area contributed by atoms with Crippen molar-refractivity contribution in [3.63, 3.8) is 0 Å². The van der Waals surface area contributed by atoms with Crippen LogP contribution in [-0.4, -0.2) is 19.5 Å². The minimum Gasteiger partial charge on any atom is -0.340 e. The Bertz CT molecular complexity index is 769. The maximum absolute atomic E-state index is 13.7. The van der Waals surface area contributed by atoms with E-state index in [1.165, 1.54) is 23.3 Å². The number of hydrogen-bond donors (Lipinski definition) is 2. The van der Waals surface area contributed by atoms with Crippen LogP contribution < -0.4 is 5.49 Å². The van der Waals surface area contributed by atoms with Gasteiger partial charge in [0, 0.05) is 0 Å². The van der Waals surface area contributed by atoms with Gasteiger partial charge in [-0.2, -0.15) is 0 Å². The third-order valence-electron chi connectivity index (χ3n) is 2.57. The highest BCUT2D eigenvalue weighted by Crippen LogP contribution is 2.19. The van der Waals surface area contributed by atoms with Gasteiger partial charge in [-0.3, -0.25) is 9.98 Å². The zero-order chi connectivity index (χ0) is 12.7. The van der Waals surface area contributed by atoms with Crippen LogP contribution >= 0.6 is 0 Å². The number of rotatable bonds is 1. The molecule has 5 nitrogen and oxygen atoms in total. The maximum atomic E-state index is 13.7. The number of H-pyrrole nitrogens is 1. The lowest BCUT2D eigenvalue weighted by atomic mass is 10.3. The Balaban J connectivity index is 2.43. The molecular formula is C11H7F2N5. The number of benzene rings is 1. The van der Waals surface area contributed by atoms with Crippen molar-refractivity contribution >= 4 is 11.2 Å². The molecule has 3 aromatic rings. The van der Waals surface area contributed by atoms with Crippen LogP contribution in [-0.2, 0) is 0 Å². The van der Waals surface area contributed by atoms with Crippen molar-refractivity contribution in [2.45, 2.75) is 0 Å². The Hall–Kier alpha value is -2.57. The van der Waals surface area contributed by atoms with E-state index in [0.29, 0.717) is 5.52 Å². The average Bonchev–Trinajstić information content (AvgIpc) is 2.81. The van der Waals surface area contributed by atoms with Gasteiger partial charge < -0.3 is 4.98 Å². The van der Waals surface area contributed by atoms with Crippen molar-refractivity contribution < 1.29 is 8.78 Å². The Morgan fingerprint density at radius 3 is 2.61 bits per heavy atom. The van der Waals surface area contributed by atoms with Crippen LogP contribution in [0.15, 0.2) is 30.9 Å². The van der Waals surface area contributed by atoms with Crippen LogP contribution in [0.3, 0.4) is 0 Å². The topological polar surface area (TPSA) is 70.3 Å². The third kappa shape index (κ3) is 1.41. The first kappa shape index (κ1) is 10.6. The number of nitrogens with one attached hydrogen (secondary N) is 2. The summed E-state index contributed by atoms with van der Waals surface area (Å²) in [5.74, 6) is -1.44. The number of halogens is 2. The summed E-state index contributed by atoms with van der Waals surface area (Å²) in [5, 5.41) is 7.56. The molecule has 7 heteroatoms. The van der Waals surface area contributed by atoms with E-state index in [2.05, 4.69) is 15.0 Å². The molecule has 0 amide bonds. The molecule has 0 unspecified atom stereocenters. The molecule has 0 atom stereocenters. The third-order valence-corrected chi connectivity index (χ3v) is 2.57. The van der Waals surface area contributed by atoms with E-state index in [9.17, 15) is 8.78 Å². The van der Waals surface area contributed by atoms with Gasteiger partial charge in [-0.25, -0.2) is 18.7 Å². The van der Waals surface area contributed by atoms with E-state index in [1.807, 2.05) is 0 Å². The standard InChI is InChI=1S/C11H7F2N5/c12-6-2-1-3-7(13)9(6)18-5-17-10(14)8-11(18)16-4-15-8/h1-5,14H,(H,15,16). The maximum Gasteiger partial charge on any atom is 0.173 e. The summed E-state index contributed by atoms with van der Waals surface area (Å²) in [7, 11) is 0. The number of aromatic nitrogens is 4. The molecule has 18 heavy (non-hydrogen) atoms. The number of hydrogen-bond acceptors (Lipinski definition) is 3. The summed E-state index contributed by atoms with van der Waals surface area (Å²) in [6.45, 7) is 0. The molecule has 0 aliphatic heterocycles. The highest BCUT2D eigenvalue weighted by Gasteiger charge is 2.14. The van der Waals surface area contributed by atoms with E-state index in [-0.39, 0.29) is 16.8 Å². The number of imidazole rings is 1. The van der Waals surface area contributed by atoms with Crippen LogP contribution in [0.5, 0.6) is 0 Å². The molecule has 0 radical (unpaired) electrons. The highest BCUT2D eigenvalue weighted by atomic mass is 19.1. The average molecular weight is 247 g/mol. The highest BCUT2D eigenvalue weighted by molar-refractivity contribution is 5.70. The molecule has 0 spiro atoms. The van der Waals surface area contributed by atoms with E-state index < -0.39 is 11.6 Å². The number of para-hydroxylation sites is 1. The molecule has 3 rings (SSSR count). The molecule has 0 aliphatic carbocycles. The van der Waals surface area contributed by atoms with Crippen molar-refractivity contribution in [3.8, 4) is 5.69 Å².